The van der Waals surface area contributed by atoms with Crippen molar-refractivity contribution in [3.63, 3.8) is 0 Å². The highest BCUT2D eigenvalue weighted by Gasteiger charge is 2.53. The Bertz CT molecular complexity index is 979. The molecule has 156 valence electrons. The van der Waals surface area contributed by atoms with Crippen LogP contribution in [0.3, 0.4) is 0 Å². The van der Waals surface area contributed by atoms with Gasteiger partial charge in [0.25, 0.3) is 0 Å². The number of guanidine groups is 1. The molecule has 0 aliphatic carbocycles. The Morgan fingerprint density at radius 3 is 2.52 bits per heavy atom. The molecule has 1 aliphatic rings. The maximum atomic E-state index is 14.9. The minimum atomic E-state index is -1.14. The molecular weight excluding hydrogens is 389 g/mol. The summed E-state index contributed by atoms with van der Waals surface area (Å²) in [5.41, 5.74) is 5.94. The molecule has 3 N–H and O–H groups in total. The third-order valence-corrected chi connectivity index (χ3v) is 7.28. The molecule has 29 heavy (non-hydrogen) atoms. The molecule has 0 saturated heterocycles. The van der Waals surface area contributed by atoms with Crippen molar-refractivity contribution in [3.05, 3.63) is 45.2 Å². The number of aliphatic imine (C=N–C) groups is 1. The van der Waals surface area contributed by atoms with Crippen LogP contribution in [0.1, 0.15) is 54.9 Å². The lowest BCUT2D eigenvalue weighted by Gasteiger charge is -2.46. The molecule has 1 amide bonds. The molecule has 0 fully saturated rings. The highest BCUT2D eigenvalue weighted by atomic mass is 32.1. The van der Waals surface area contributed by atoms with E-state index in [0.717, 1.165) is 16.4 Å². The average molecular weight is 418 g/mol. The van der Waals surface area contributed by atoms with Crippen molar-refractivity contribution in [1.82, 2.24) is 9.88 Å². The van der Waals surface area contributed by atoms with E-state index in [2.05, 4.69) is 15.3 Å². The molecule has 6 nitrogen and oxygen atoms in total. The van der Waals surface area contributed by atoms with Crippen LogP contribution in [0.5, 0.6) is 0 Å². The van der Waals surface area contributed by atoms with Crippen LogP contribution in [0.2, 0.25) is 0 Å². The standard InChI is InChI=1S/C21H28FN5OS/c1-11-13(3)29-17(25-11)12(2)24-14-8-9-16(22)15(10-14)21(6)20(4,5)18(28)27(7)19(23)26-21/h8-10,12,24H,1-7H3,(H2,23,26). The van der Waals surface area contributed by atoms with Gasteiger partial charge in [-0.05, 0) is 59.7 Å². The fraction of sp³-hybridized carbons (Fsp3) is 0.476. The number of carbonyl (C=O) groups excluding carboxylic acids is 1. The van der Waals surface area contributed by atoms with Gasteiger partial charge in [-0.1, -0.05) is 0 Å². The second-order valence-electron chi connectivity index (χ2n) is 8.29. The SMILES string of the molecule is Cc1nc(C(C)Nc2ccc(F)c(C3(C)N=C(N)N(C)C(=O)C3(C)C)c2)sc1C. The maximum Gasteiger partial charge on any atom is 0.237 e. The number of aryl methyl sites for hydroxylation is 2. The number of anilines is 1. The number of rotatable bonds is 4. The van der Waals surface area contributed by atoms with E-state index in [1.165, 1.54) is 15.8 Å². The summed E-state index contributed by atoms with van der Waals surface area (Å²) in [5.74, 6) is -0.544. The van der Waals surface area contributed by atoms with Gasteiger partial charge in [-0.2, -0.15) is 0 Å². The summed E-state index contributed by atoms with van der Waals surface area (Å²) in [6.07, 6.45) is 0. The summed E-state index contributed by atoms with van der Waals surface area (Å²) in [5, 5.41) is 4.35. The van der Waals surface area contributed by atoms with Gasteiger partial charge in [0, 0.05) is 23.2 Å². The molecule has 1 aromatic carbocycles. The lowest BCUT2D eigenvalue weighted by atomic mass is 9.67. The summed E-state index contributed by atoms with van der Waals surface area (Å²) in [6, 6.07) is 4.76. The van der Waals surface area contributed by atoms with Crippen LogP contribution in [-0.2, 0) is 10.3 Å². The topological polar surface area (TPSA) is 83.6 Å². The van der Waals surface area contributed by atoms with E-state index in [1.807, 2.05) is 20.8 Å². The van der Waals surface area contributed by atoms with Crippen molar-refractivity contribution < 1.29 is 9.18 Å². The average Bonchev–Trinajstić information content (AvgIpc) is 2.99. The Morgan fingerprint density at radius 2 is 1.93 bits per heavy atom. The molecule has 0 radical (unpaired) electrons. The zero-order valence-electron chi connectivity index (χ0n) is 17.9. The molecule has 1 aromatic heterocycles. The largest absolute Gasteiger partial charge is 0.376 e. The van der Waals surface area contributed by atoms with Crippen LogP contribution in [0.15, 0.2) is 23.2 Å². The molecule has 2 atom stereocenters. The van der Waals surface area contributed by atoms with Crippen molar-refractivity contribution in [3.8, 4) is 0 Å². The van der Waals surface area contributed by atoms with E-state index >= 15 is 0 Å². The number of aromatic nitrogens is 1. The Morgan fingerprint density at radius 1 is 1.28 bits per heavy atom. The van der Waals surface area contributed by atoms with Crippen molar-refractivity contribution in [1.29, 1.82) is 0 Å². The molecule has 2 heterocycles. The second-order valence-corrected chi connectivity index (χ2v) is 9.52. The van der Waals surface area contributed by atoms with Gasteiger partial charge >= 0.3 is 0 Å². The number of thiazole rings is 1. The molecule has 2 unspecified atom stereocenters. The van der Waals surface area contributed by atoms with Gasteiger partial charge in [0.1, 0.15) is 16.4 Å². The Labute approximate surface area is 175 Å². The molecule has 3 rings (SSSR count). The minimum absolute atomic E-state index is 0.0424. The van der Waals surface area contributed by atoms with Gasteiger partial charge in [0.2, 0.25) is 5.91 Å². The highest BCUT2D eigenvalue weighted by Crippen LogP contribution is 2.47. The monoisotopic (exact) mass is 417 g/mol. The van der Waals surface area contributed by atoms with Crippen LogP contribution in [-0.4, -0.2) is 28.8 Å². The first-order chi connectivity index (χ1) is 13.4. The number of hydrogen-bond acceptors (Lipinski definition) is 6. The van der Waals surface area contributed by atoms with Gasteiger partial charge in [-0.3, -0.25) is 9.69 Å². The summed E-state index contributed by atoms with van der Waals surface area (Å²) in [7, 11) is 1.58. The second kappa shape index (κ2) is 7.09. The van der Waals surface area contributed by atoms with Crippen molar-refractivity contribution in [2.24, 2.45) is 16.1 Å². The zero-order chi connectivity index (χ0) is 21.7. The van der Waals surface area contributed by atoms with E-state index in [9.17, 15) is 9.18 Å². The van der Waals surface area contributed by atoms with E-state index in [1.54, 1.807) is 51.3 Å². The first-order valence-corrected chi connectivity index (χ1v) is 10.3. The Hall–Kier alpha value is -2.48. The Kier molecular flexibility index (Phi) is 5.19. The predicted molar refractivity (Wildman–Crippen MR) is 116 cm³/mol. The first-order valence-electron chi connectivity index (χ1n) is 9.52. The normalized spacial score (nSPS) is 22.4. The lowest BCUT2D eigenvalue weighted by molar-refractivity contribution is -0.140. The van der Waals surface area contributed by atoms with Crippen LogP contribution < -0.4 is 11.1 Å². The number of amides is 1. The van der Waals surface area contributed by atoms with Gasteiger partial charge in [-0.25, -0.2) is 14.4 Å². The molecule has 0 saturated carbocycles. The van der Waals surface area contributed by atoms with E-state index in [0.29, 0.717) is 5.56 Å². The van der Waals surface area contributed by atoms with Gasteiger partial charge in [0.15, 0.2) is 5.96 Å². The molecular formula is C21H28FN5OS. The third kappa shape index (κ3) is 3.39. The number of nitrogens with zero attached hydrogens (tertiary/aromatic N) is 3. The Balaban J connectivity index is 2.02. The molecule has 1 aliphatic heterocycles. The molecule has 2 aromatic rings. The van der Waals surface area contributed by atoms with Crippen molar-refractivity contribution >= 4 is 28.9 Å². The summed E-state index contributed by atoms with van der Waals surface area (Å²) in [4.78, 5) is 24.5. The van der Waals surface area contributed by atoms with E-state index in [-0.39, 0.29) is 17.9 Å². The van der Waals surface area contributed by atoms with Crippen molar-refractivity contribution in [2.45, 2.75) is 53.1 Å². The van der Waals surface area contributed by atoms with Crippen LogP contribution in [0.4, 0.5) is 10.1 Å². The molecule has 8 heteroatoms. The van der Waals surface area contributed by atoms with Crippen LogP contribution >= 0.6 is 11.3 Å². The van der Waals surface area contributed by atoms with E-state index < -0.39 is 16.8 Å². The number of carbonyl (C=O) groups is 1. The van der Waals surface area contributed by atoms with Gasteiger partial charge in [0.05, 0.1) is 17.2 Å². The fourth-order valence-corrected chi connectivity index (χ4v) is 4.48. The third-order valence-electron chi connectivity index (χ3n) is 6.03. The van der Waals surface area contributed by atoms with Gasteiger partial charge in [-0.15, -0.1) is 11.3 Å². The van der Waals surface area contributed by atoms with Crippen molar-refractivity contribution in [2.75, 3.05) is 12.4 Å². The van der Waals surface area contributed by atoms with Gasteiger partial charge < -0.3 is 11.1 Å². The van der Waals surface area contributed by atoms with Crippen LogP contribution in [0, 0.1) is 25.1 Å². The highest BCUT2D eigenvalue weighted by molar-refractivity contribution is 7.11. The quantitative estimate of drug-likeness (QED) is 0.784. The number of benzene rings is 1. The summed E-state index contributed by atoms with van der Waals surface area (Å²) >= 11 is 1.64. The minimum Gasteiger partial charge on any atom is -0.376 e. The predicted octanol–water partition coefficient (Wildman–Crippen LogP) is 4.10. The molecule has 0 bridgehead atoms. The number of nitrogens with two attached hydrogens (primary N) is 1. The number of halogens is 1. The number of hydrogen-bond donors (Lipinski definition) is 2. The fourth-order valence-electron chi connectivity index (χ4n) is 3.55. The number of nitrogens with one attached hydrogen (secondary N) is 1. The maximum absolute atomic E-state index is 14.9. The molecule has 0 spiro atoms. The van der Waals surface area contributed by atoms with E-state index in [4.69, 9.17) is 5.73 Å². The lowest BCUT2D eigenvalue weighted by Crippen LogP contribution is -2.58. The van der Waals surface area contributed by atoms with Crippen LogP contribution in [0.25, 0.3) is 0 Å². The summed E-state index contributed by atoms with van der Waals surface area (Å²) < 4.78 is 14.9. The smallest absolute Gasteiger partial charge is 0.237 e. The first kappa shape index (κ1) is 21.2. The summed E-state index contributed by atoms with van der Waals surface area (Å²) in [6.45, 7) is 11.3. The zero-order valence-corrected chi connectivity index (χ0v) is 18.7.